The van der Waals surface area contributed by atoms with Gasteiger partial charge >= 0.3 is 0 Å². The number of rotatable bonds is 0. The highest BCUT2D eigenvalue weighted by Crippen LogP contribution is 2.08. The number of hydrogen-bond acceptors (Lipinski definition) is 5. The molecule has 0 bridgehead atoms. The molecule has 0 fully saturated rings. The van der Waals surface area contributed by atoms with Crippen molar-refractivity contribution < 1.29 is 0 Å². The minimum absolute atomic E-state index is 0.116. The molecule has 1 aliphatic rings. The summed E-state index contributed by atoms with van der Waals surface area (Å²) < 4.78 is 1.50. The third kappa shape index (κ3) is 0.733. The van der Waals surface area contributed by atoms with Crippen LogP contribution in [0.2, 0.25) is 0 Å². The minimum atomic E-state index is -0.116. The number of hydrazine groups is 1. The molecule has 7 nitrogen and oxygen atoms in total. The molecule has 0 unspecified atom stereocenters. The standard InChI is InChI=1S/C6H6N6O/c13-5-3-4(8-1-7-3)10-6-11-9-2-12(5)6/h1,9H,2H2,(H,7,8)(H,10,11). The average molecular weight is 178 g/mol. The Morgan fingerprint density at radius 1 is 1.54 bits per heavy atom. The Morgan fingerprint density at radius 2 is 2.46 bits per heavy atom. The molecule has 3 N–H and O–H groups in total. The number of aromatic amines is 1. The summed E-state index contributed by atoms with van der Waals surface area (Å²) in [6.07, 6.45) is 1.46. The van der Waals surface area contributed by atoms with Gasteiger partial charge in [0.1, 0.15) is 0 Å². The van der Waals surface area contributed by atoms with Gasteiger partial charge in [0.15, 0.2) is 11.2 Å². The summed E-state index contributed by atoms with van der Waals surface area (Å²) in [6, 6.07) is 0. The molecule has 2 aromatic rings. The summed E-state index contributed by atoms with van der Waals surface area (Å²) in [5.41, 5.74) is 6.33. The lowest BCUT2D eigenvalue weighted by molar-refractivity contribution is 0.674. The Morgan fingerprint density at radius 3 is 3.38 bits per heavy atom. The van der Waals surface area contributed by atoms with Gasteiger partial charge in [0.25, 0.3) is 5.56 Å². The maximum atomic E-state index is 11.7. The Bertz CT molecular complexity index is 525. The monoisotopic (exact) mass is 178 g/mol. The maximum absolute atomic E-state index is 11.7. The fraction of sp³-hybridized carbons (Fsp3) is 0.167. The van der Waals surface area contributed by atoms with E-state index in [9.17, 15) is 4.79 Å². The molecule has 0 aromatic carbocycles. The van der Waals surface area contributed by atoms with E-state index in [1.54, 1.807) is 0 Å². The fourth-order valence-corrected chi connectivity index (χ4v) is 1.36. The van der Waals surface area contributed by atoms with Crippen LogP contribution in [0.25, 0.3) is 11.2 Å². The largest absolute Gasteiger partial charge is 0.339 e. The van der Waals surface area contributed by atoms with Crippen molar-refractivity contribution in [2.24, 2.45) is 0 Å². The van der Waals surface area contributed by atoms with Gasteiger partial charge in [-0.1, -0.05) is 0 Å². The number of hydrogen-bond donors (Lipinski definition) is 3. The number of nitrogens with zero attached hydrogens (tertiary/aromatic N) is 3. The summed E-state index contributed by atoms with van der Waals surface area (Å²) >= 11 is 0. The second kappa shape index (κ2) is 2.07. The van der Waals surface area contributed by atoms with E-state index in [2.05, 4.69) is 25.8 Å². The number of H-pyrrole nitrogens is 1. The molecule has 0 amide bonds. The van der Waals surface area contributed by atoms with Gasteiger partial charge in [-0.25, -0.2) is 10.4 Å². The van der Waals surface area contributed by atoms with Crippen LogP contribution >= 0.6 is 0 Å². The van der Waals surface area contributed by atoms with Crippen LogP contribution in [-0.2, 0) is 6.67 Å². The van der Waals surface area contributed by atoms with Gasteiger partial charge in [-0.2, -0.15) is 4.98 Å². The Kier molecular flexibility index (Phi) is 1.05. The molecule has 66 valence electrons. The average Bonchev–Trinajstić information content (AvgIpc) is 2.71. The number of imidazole rings is 1. The first-order valence-corrected chi connectivity index (χ1v) is 3.79. The molecule has 2 aromatic heterocycles. The number of anilines is 1. The van der Waals surface area contributed by atoms with E-state index >= 15 is 0 Å². The molecular weight excluding hydrogens is 172 g/mol. The van der Waals surface area contributed by atoms with Crippen LogP contribution in [0.1, 0.15) is 0 Å². The zero-order valence-electron chi connectivity index (χ0n) is 6.53. The summed E-state index contributed by atoms with van der Waals surface area (Å²) in [5, 5.41) is 0. The molecule has 13 heavy (non-hydrogen) atoms. The van der Waals surface area contributed by atoms with Gasteiger partial charge in [0.2, 0.25) is 5.95 Å². The van der Waals surface area contributed by atoms with Crippen LogP contribution in [0.5, 0.6) is 0 Å². The molecule has 0 saturated carbocycles. The Labute approximate surface area is 71.8 Å². The summed E-state index contributed by atoms with van der Waals surface area (Å²) in [6.45, 7) is 0.427. The summed E-state index contributed by atoms with van der Waals surface area (Å²) in [4.78, 5) is 22.4. The van der Waals surface area contributed by atoms with Crippen molar-refractivity contribution >= 4 is 17.1 Å². The van der Waals surface area contributed by atoms with Gasteiger partial charge < -0.3 is 4.98 Å². The van der Waals surface area contributed by atoms with E-state index in [-0.39, 0.29) is 5.56 Å². The lowest BCUT2D eigenvalue weighted by Crippen LogP contribution is -2.20. The predicted octanol–water partition coefficient (Wildman–Crippen LogP) is -0.993. The zero-order chi connectivity index (χ0) is 8.84. The van der Waals surface area contributed by atoms with Crippen molar-refractivity contribution in [3.05, 3.63) is 16.7 Å². The quantitative estimate of drug-likeness (QED) is 0.482. The summed E-state index contributed by atoms with van der Waals surface area (Å²) in [5.74, 6) is 0.504. The van der Waals surface area contributed by atoms with Crippen molar-refractivity contribution in [3.63, 3.8) is 0 Å². The lowest BCUT2D eigenvalue weighted by atomic mass is 10.5. The van der Waals surface area contributed by atoms with Crippen LogP contribution in [0.3, 0.4) is 0 Å². The van der Waals surface area contributed by atoms with E-state index in [0.717, 1.165) is 0 Å². The van der Waals surface area contributed by atoms with Crippen LogP contribution in [-0.4, -0.2) is 19.5 Å². The Hall–Kier alpha value is -1.89. The smallest absolute Gasteiger partial charge is 0.282 e. The SMILES string of the molecule is O=c1c2[nH]cnc2nc2n1CNN2. The van der Waals surface area contributed by atoms with Crippen molar-refractivity contribution in [2.45, 2.75) is 6.67 Å². The molecule has 0 saturated heterocycles. The molecule has 0 atom stereocenters. The molecule has 0 radical (unpaired) electrons. The molecule has 3 heterocycles. The van der Waals surface area contributed by atoms with Crippen molar-refractivity contribution in [1.82, 2.24) is 24.9 Å². The highest BCUT2D eigenvalue weighted by Gasteiger charge is 2.15. The Balaban J connectivity index is 2.53. The molecule has 7 heteroatoms. The first kappa shape index (κ1) is 6.61. The number of fused-ring (bicyclic) bond motifs is 2. The number of nitrogens with one attached hydrogen (secondary N) is 3. The number of aromatic nitrogens is 4. The molecule has 3 rings (SSSR count). The highest BCUT2D eigenvalue weighted by molar-refractivity contribution is 5.70. The van der Waals surface area contributed by atoms with E-state index in [0.29, 0.717) is 23.8 Å². The van der Waals surface area contributed by atoms with E-state index in [4.69, 9.17) is 0 Å². The normalized spacial score (nSPS) is 14.5. The van der Waals surface area contributed by atoms with Crippen LogP contribution in [0.15, 0.2) is 11.1 Å². The van der Waals surface area contributed by atoms with Crippen molar-refractivity contribution in [2.75, 3.05) is 5.43 Å². The van der Waals surface area contributed by atoms with Gasteiger partial charge in [0.05, 0.1) is 13.0 Å². The third-order valence-corrected chi connectivity index (χ3v) is 1.98. The highest BCUT2D eigenvalue weighted by atomic mass is 16.1. The van der Waals surface area contributed by atoms with E-state index < -0.39 is 0 Å². The van der Waals surface area contributed by atoms with E-state index in [1.165, 1.54) is 10.9 Å². The van der Waals surface area contributed by atoms with Crippen LogP contribution in [0.4, 0.5) is 5.95 Å². The first-order valence-electron chi connectivity index (χ1n) is 3.79. The fourth-order valence-electron chi connectivity index (χ4n) is 1.36. The molecule has 0 aliphatic carbocycles. The van der Waals surface area contributed by atoms with E-state index in [1.807, 2.05) is 0 Å². The lowest BCUT2D eigenvalue weighted by Gasteiger charge is -1.97. The molecular formula is C6H6N6O. The minimum Gasteiger partial charge on any atom is -0.339 e. The maximum Gasteiger partial charge on any atom is 0.282 e. The van der Waals surface area contributed by atoms with Gasteiger partial charge in [-0.3, -0.25) is 14.8 Å². The third-order valence-electron chi connectivity index (χ3n) is 1.98. The second-order valence-electron chi connectivity index (χ2n) is 2.73. The second-order valence-corrected chi connectivity index (χ2v) is 2.73. The van der Waals surface area contributed by atoms with Crippen molar-refractivity contribution in [3.8, 4) is 0 Å². The van der Waals surface area contributed by atoms with Crippen molar-refractivity contribution in [1.29, 1.82) is 0 Å². The van der Waals surface area contributed by atoms with Gasteiger partial charge in [-0.15, -0.1) is 0 Å². The first-order chi connectivity index (χ1) is 6.36. The topological polar surface area (TPSA) is 87.6 Å². The van der Waals surface area contributed by atoms with Gasteiger partial charge in [-0.05, 0) is 0 Å². The predicted molar refractivity (Wildman–Crippen MR) is 44.9 cm³/mol. The summed E-state index contributed by atoms with van der Waals surface area (Å²) in [7, 11) is 0. The van der Waals surface area contributed by atoms with Gasteiger partial charge in [0, 0.05) is 0 Å². The molecule has 1 aliphatic heterocycles. The van der Waals surface area contributed by atoms with Crippen LogP contribution < -0.4 is 16.4 Å². The van der Waals surface area contributed by atoms with Crippen LogP contribution in [0, 0.1) is 0 Å². The molecule has 0 spiro atoms. The zero-order valence-corrected chi connectivity index (χ0v) is 6.53.